The number of amides is 1. The Morgan fingerprint density at radius 3 is 2.38 bits per heavy atom. The van der Waals surface area contributed by atoms with Gasteiger partial charge in [0.25, 0.3) is 5.69 Å². The maximum Gasteiger partial charge on any atom is 0.269 e. The van der Waals surface area contributed by atoms with E-state index in [2.05, 4.69) is 0 Å². The van der Waals surface area contributed by atoms with Crippen molar-refractivity contribution in [3.63, 3.8) is 0 Å². The second-order valence-corrected chi connectivity index (χ2v) is 10.0. The van der Waals surface area contributed by atoms with Crippen LogP contribution in [0, 0.1) is 15.9 Å². The predicted octanol–water partition coefficient (Wildman–Crippen LogP) is 3.97. The van der Waals surface area contributed by atoms with Crippen molar-refractivity contribution in [2.24, 2.45) is 0 Å². The van der Waals surface area contributed by atoms with E-state index in [9.17, 15) is 27.7 Å². The first-order valence-corrected chi connectivity index (χ1v) is 13.0. The first kappa shape index (κ1) is 28.0. The lowest BCUT2D eigenvalue weighted by atomic mass is 10.2. The highest BCUT2D eigenvalue weighted by Crippen LogP contribution is 2.21. The number of hydrogen-bond donors (Lipinski definition) is 0. The van der Waals surface area contributed by atoms with Crippen molar-refractivity contribution in [3.8, 4) is 0 Å². The van der Waals surface area contributed by atoms with Crippen molar-refractivity contribution in [2.75, 3.05) is 26.3 Å². The lowest BCUT2D eigenvalue weighted by molar-refractivity contribution is -0.384. The van der Waals surface area contributed by atoms with Gasteiger partial charge in [0.1, 0.15) is 11.6 Å². The molecule has 2 aromatic carbocycles. The van der Waals surface area contributed by atoms with Gasteiger partial charge in [-0.2, -0.15) is 4.31 Å². The molecule has 37 heavy (non-hydrogen) atoms. The van der Waals surface area contributed by atoms with Gasteiger partial charge in [0.2, 0.25) is 15.9 Å². The Kier molecular flexibility index (Phi) is 9.89. The van der Waals surface area contributed by atoms with Gasteiger partial charge >= 0.3 is 0 Å². The zero-order valence-electron chi connectivity index (χ0n) is 20.3. The first-order valence-electron chi connectivity index (χ1n) is 11.6. The summed E-state index contributed by atoms with van der Waals surface area (Å²) in [6.45, 7) is 2.27. The molecule has 10 nitrogen and oxygen atoms in total. The molecule has 0 atom stereocenters. The van der Waals surface area contributed by atoms with E-state index in [1.807, 2.05) is 6.92 Å². The minimum Gasteiger partial charge on any atom is -0.467 e. The highest BCUT2D eigenvalue weighted by molar-refractivity contribution is 7.89. The zero-order chi connectivity index (χ0) is 26.8. The molecule has 0 unspecified atom stereocenters. The summed E-state index contributed by atoms with van der Waals surface area (Å²) in [5.41, 5.74) is 0.407. The van der Waals surface area contributed by atoms with E-state index in [1.165, 1.54) is 23.3 Å². The minimum absolute atomic E-state index is 0.00377. The van der Waals surface area contributed by atoms with Gasteiger partial charge in [-0.15, -0.1) is 0 Å². The summed E-state index contributed by atoms with van der Waals surface area (Å²) in [6, 6.07) is 13.5. The van der Waals surface area contributed by atoms with E-state index < -0.39 is 33.2 Å². The second-order valence-electron chi connectivity index (χ2n) is 8.10. The second kappa shape index (κ2) is 13.1. The van der Waals surface area contributed by atoms with Crippen LogP contribution in [0.25, 0.3) is 0 Å². The molecule has 0 fully saturated rings. The number of halogens is 1. The Hall–Kier alpha value is -3.61. The third-order valence-corrected chi connectivity index (χ3v) is 7.32. The molecule has 198 valence electrons. The van der Waals surface area contributed by atoms with Crippen LogP contribution in [0.4, 0.5) is 10.1 Å². The van der Waals surface area contributed by atoms with E-state index in [0.29, 0.717) is 31.0 Å². The Labute approximate surface area is 214 Å². The number of sulfonamides is 1. The molecule has 0 radical (unpaired) electrons. The fourth-order valence-electron chi connectivity index (χ4n) is 3.54. The van der Waals surface area contributed by atoms with Gasteiger partial charge in [0, 0.05) is 38.4 Å². The van der Waals surface area contributed by atoms with Crippen molar-refractivity contribution in [1.29, 1.82) is 0 Å². The molecule has 0 saturated heterocycles. The number of carbonyl (C=O) groups excluding carboxylic acids is 1. The van der Waals surface area contributed by atoms with Gasteiger partial charge in [0.15, 0.2) is 0 Å². The van der Waals surface area contributed by atoms with Crippen LogP contribution in [0.1, 0.15) is 24.7 Å². The Bertz CT molecular complexity index is 1260. The number of non-ortho nitro benzene ring substituents is 1. The number of carbonyl (C=O) groups is 1. The number of benzene rings is 2. The molecule has 0 spiro atoms. The van der Waals surface area contributed by atoms with Gasteiger partial charge in [-0.05, 0) is 55.3 Å². The van der Waals surface area contributed by atoms with Crippen LogP contribution in [0.2, 0.25) is 0 Å². The minimum atomic E-state index is -4.17. The van der Waals surface area contributed by atoms with Crippen LogP contribution in [0.3, 0.4) is 0 Å². The molecular weight excluding hydrogens is 505 g/mol. The molecule has 12 heteroatoms. The van der Waals surface area contributed by atoms with Crippen LogP contribution in [-0.4, -0.2) is 54.8 Å². The highest BCUT2D eigenvalue weighted by Gasteiger charge is 2.29. The molecule has 1 heterocycles. The fourth-order valence-corrected chi connectivity index (χ4v) is 4.97. The normalized spacial score (nSPS) is 11.5. The van der Waals surface area contributed by atoms with E-state index in [1.54, 1.807) is 24.3 Å². The van der Waals surface area contributed by atoms with Crippen molar-refractivity contribution < 1.29 is 31.7 Å². The molecule has 1 amide bonds. The summed E-state index contributed by atoms with van der Waals surface area (Å²) in [5.74, 6) is -0.415. The van der Waals surface area contributed by atoms with Crippen LogP contribution >= 0.6 is 0 Å². The van der Waals surface area contributed by atoms with E-state index in [4.69, 9.17) is 9.15 Å². The summed E-state index contributed by atoms with van der Waals surface area (Å²) in [7, 11) is -4.17. The van der Waals surface area contributed by atoms with Gasteiger partial charge < -0.3 is 14.1 Å². The van der Waals surface area contributed by atoms with Crippen molar-refractivity contribution in [2.45, 2.75) is 31.3 Å². The molecular formula is C25H28FN3O7S. The summed E-state index contributed by atoms with van der Waals surface area (Å²) >= 11 is 0. The van der Waals surface area contributed by atoms with Gasteiger partial charge in [-0.3, -0.25) is 14.9 Å². The van der Waals surface area contributed by atoms with Crippen LogP contribution < -0.4 is 0 Å². The molecule has 0 aliphatic rings. The predicted molar refractivity (Wildman–Crippen MR) is 132 cm³/mol. The highest BCUT2D eigenvalue weighted by atomic mass is 32.2. The smallest absolute Gasteiger partial charge is 0.269 e. The molecule has 0 bridgehead atoms. The lowest BCUT2D eigenvalue weighted by Crippen LogP contribution is -2.43. The Morgan fingerprint density at radius 2 is 1.78 bits per heavy atom. The average molecular weight is 534 g/mol. The number of nitro groups is 1. The number of hydrogen-bond acceptors (Lipinski definition) is 7. The zero-order valence-corrected chi connectivity index (χ0v) is 21.1. The van der Waals surface area contributed by atoms with Crippen LogP contribution in [-0.2, 0) is 32.6 Å². The summed E-state index contributed by atoms with van der Waals surface area (Å²) in [4.78, 5) is 25.0. The van der Waals surface area contributed by atoms with Crippen molar-refractivity contribution in [3.05, 3.63) is 94.2 Å². The van der Waals surface area contributed by atoms with E-state index in [-0.39, 0.29) is 30.2 Å². The lowest BCUT2D eigenvalue weighted by Gasteiger charge is -2.27. The van der Waals surface area contributed by atoms with Crippen molar-refractivity contribution in [1.82, 2.24) is 9.21 Å². The summed E-state index contributed by atoms with van der Waals surface area (Å²) in [6.07, 6.45) is 1.80. The number of ether oxygens (including phenoxy) is 1. The number of furan rings is 1. The van der Waals surface area contributed by atoms with Gasteiger partial charge in [0.05, 0.1) is 29.2 Å². The maximum absolute atomic E-state index is 13.4. The largest absolute Gasteiger partial charge is 0.467 e. The molecule has 0 aliphatic heterocycles. The number of nitrogens with zero attached hydrogens (tertiary/aromatic N) is 3. The maximum atomic E-state index is 13.4. The van der Waals surface area contributed by atoms with Gasteiger partial charge in [-0.1, -0.05) is 12.1 Å². The monoisotopic (exact) mass is 533 g/mol. The van der Waals surface area contributed by atoms with Crippen LogP contribution in [0.5, 0.6) is 0 Å². The molecule has 0 saturated carbocycles. The molecule has 3 aromatic rings. The first-order chi connectivity index (χ1) is 17.7. The fraction of sp³-hybridized carbons (Fsp3) is 0.320. The van der Waals surface area contributed by atoms with Crippen molar-refractivity contribution >= 4 is 21.6 Å². The molecule has 0 aliphatic carbocycles. The quantitative estimate of drug-likeness (QED) is 0.174. The van der Waals surface area contributed by atoms with Gasteiger partial charge in [-0.25, -0.2) is 12.8 Å². The summed E-state index contributed by atoms with van der Waals surface area (Å²) in [5, 5.41) is 11.0. The van der Waals surface area contributed by atoms with E-state index in [0.717, 1.165) is 28.6 Å². The SMILES string of the molecule is CCOCCCN(CC(=O)N(Cc1ccc(F)cc1)Cc1ccco1)S(=O)(=O)c1ccc([N+](=O)[O-])cc1. The molecule has 1 aromatic heterocycles. The number of nitro benzene ring substituents is 1. The third kappa shape index (κ3) is 7.94. The topological polar surface area (TPSA) is 123 Å². The summed E-state index contributed by atoms with van der Waals surface area (Å²) < 4.78 is 52.0. The molecule has 0 N–H and O–H groups in total. The molecule has 3 rings (SSSR count). The number of rotatable bonds is 14. The Morgan fingerprint density at radius 1 is 1.08 bits per heavy atom. The standard InChI is InChI=1S/C25H28FN3O7S/c1-2-35-15-4-14-28(37(33,34)24-12-10-22(11-13-24)29(31)32)19-25(30)27(18-23-5-3-16-36-23)17-20-6-8-21(26)9-7-20/h3,5-13,16H,2,4,14-15,17-19H2,1H3. The van der Waals surface area contributed by atoms with Crippen LogP contribution in [0.15, 0.2) is 76.2 Å². The third-order valence-electron chi connectivity index (χ3n) is 5.46. The average Bonchev–Trinajstić information content (AvgIpc) is 3.40. The Balaban J connectivity index is 1.85. The van der Waals surface area contributed by atoms with E-state index >= 15 is 0 Å².